The number of halogens is 3. The monoisotopic (exact) mass is 282 g/mol. The number of rotatable bonds is 3. The Labute approximate surface area is 91.0 Å². The van der Waals surface area contributed by atoms with Gasteiger partial charge in [0.05, 0.1) is 12.2 Å². The van der Waals surface area contributed by atoms with Gasteiger partial charge in [-0.05, 0) is 9.91 Å². The Bertz CT molecular complexity index is 400. The van der Waals surface area contributed by atoms with Crippen molar-refractivity contribution in [3.05, 3.63) is 31.9 Å². The van der Waals surface area contributed by atoms with Gasteiger partial charge in [-0.2, -0.15) is 0 Å². The number of pyridine rings is 1. The zero-order valence-electron chi connectivity index (χ0n) is 7.15. The van der Waals surface area contributed by atoms with Crippen molar-refractivity contribution in [3.63, 3.8) is 0 Å². The topological polar surface area (TPSA) is 76.3 Å². The van der Waals surface area contributed by atoms with Gasteiger partial charge in [-0.15, -0.1) is 0 Å². The lowest BCUT2D eigenvalue weighted by Crippen LogP contribution is -2.04. The van der Waals surface area contributed by atoms with E-state index in [0.29, 0.717) is 0 Å². The summed E-state index contributed by atoms with van der Waals surface area (Å²) in [6.07, 6.45) is -2.90. The first-order valence-corrected chi connectivity index (χ1v) is 4.49. The van der Waals surface area contributed by atoms with E-state index in [0.717, 1.165) is 6.07 Å². The molecule has 0 atom stereocenters. The minimum Gasteiger partial charge on any atom is -0.391 e. The van der Waals surface area contributed by atoms with E-state index < -0.39 is 34.9 Å². The van der Waals surface area contributed by atoms with Crippen molar-refractivity contribution in [1.29, 1.82) is 0 Å². The van der Waals surface area contributed by atoms with Crippen molar-refractivity contribution in [2.24, 2.45) is 0 Å². The van der Waals surface area contributed by atoms with Gasteiger partial charge in [0.15, 0.2) is 0 Å². The van der Waals surface area contributed by atoms with Crippen molar-refractivity contribution < 1.29 is 18.8 Å². The van der Waals surface area contributed by atoms with Crippen LogP contribution in [-0.2, 0) is 6.61 Å². The number of aliphatic hydroxyl groups is 1. The molecule has 0 amide bonds. The number of nitro groups is 1. The van der Waals surface area contributed by atoms with E-state index in [-0.39, 0.29) is 4.60 Å². The Morgan fingerprint density at radius 3 is 2.67 bits per heavy atom. The number of aliphatic hydroxyl groups excluding tert-OH is 1. The maximum absolute atomic E-state index is 12.5. The van der Waals surface area contributed by atoms with E-state index in [1.807, 2.05) is 0 Å². The highest BCUT2D eigenvalue weighted by Crippen LogP contribution is 2.30. The third kappa shape index (κ3) is 2.45. The average molecular weight is 283 g/mol. The minimum absolute atomic E-state index is 0.0679. The quantitative estimate of drug-likeness (QED) is 0.524. The summed E-state index contributed by atoms with van der Waals surface area (Å²) >= 11 is 2.78. The molecule has 5 nitrogen and oxygen atoms in total. The molecule has 0 saturated heterocycles. The maximum atomic E-state index is 12.5. The first-order valence-electron chi connectivity index (χ1n) is 3.70. The normalized spacial score (nSPS) is 10.7. The molecule has 0 unspecified atom stereocenters. The zero-order chi connectivity index (χ0) is 11.6. The Hall–Kier alpha value is -1.15. The van der Waals surface area contributed by atoms with E-state index in [9.17, 15) is 18.9 Å². The van der Waals surface area contributed by atoms with Crippen LogP contribution in [0.4, 0.5) is 14.6 Å². The highest BCUT2D eigenvalue weighted by molar-refractivity contribution is 9.10. The molecule has 8 heteroatoms. The van der Waals surface area contributed by atoms with Gasteiger partial charge in [0, 0.05) is 27.6 Å². The van der Waals surface area contributed by atoms with Crippen LogP contribution in [0.3, 0.4) is 0 Å². The van der Waals surface area contributed by atoms with E-state index in [2.05, 4.69) is 20.9 Å². The molecule has 0 radical (unpaired) electrons. The van der Waals surface area contributed by atoms with Crippen molar-refractivity contribution in [1.82, 2.24) is 4.98 Å². The van der Waals surface area contributed by atoms with Crippen molar-refractivity contribution in [2.45, 2.75) is 13.0 Å². The van der Waals surface area contributed by atoms with Crippen LogP contribution >= 0.6 is 15.9 Å². The Morgan fingerprint density at radius 1 is 1.67 bits per heavy atom. The van der Waals surface area contributed by atoms with Gasteiger partial charge < -0.3 is 15.2 Å². The smallest absolute Gasteiger partial charge is 0.370 e. The molecular weight excluding hydrogens is 278 g/mol. The predicted octanol–water partition coefficient (Wildman–Crippen LogP) is 2.18. The number of hydrogen-bond donors (Lipinski definition) is 1. The molecule has 0 fully saturated rings. The largest absolute Gasteiger partial charge is 0.391 e. The molecule has 0 bridgehead atoms. The van der Waals surface area contributed by atoms with E-state index in [1.54, 1.807) is 0 Å². The van der Waals surface area contributed by atoms with Crippen LogP contribution < -0.4 is 0 Å². The van der Waals surface area contributed by atoms with Gasteiger partial charge in [-0.25, -0.2) is 8.78 Å². The summed E-state index contributed by atoms with van der Waals surface area (Å²) in [6, 6.07) is 0.948. The summed E-state index contributed by atoms with van der Waals surface area (Å²) in [6.45, 7) is -0.851. The summed E-state index contributed by atoms with van der Waals surface area (Å²) < 4.78 is 24.8. The lowest BCUT2D eigenvalue weighted by atomic mass is 10.1. The summed E-state index contributed by atoms with van der Waals surface area (Å²) in [7, 11) is 0. The van der Waals surface area contributed by atoms with Gasteiger partial charge in [0.1, 0.15) is 0 Å². The SMILES string of the molecule is O=[N+]([O-])c1nc(Br)cc(C(F)F)c1CO. The Morgan fingerprint density at radius 2 is 2.27 bits per heavy atom. The molecule has 0 aliphatic rings. The molecule has 15 heavy (non-hydrogen) atoms. The molecule has 0 spiro atoms. The van der Waals surface area contributed by atoms with Crippen LogP contribution in [0.2, 0.25) is 0 Å². The lowest BCUT2D eigenvalue weighted by molar-refractivity contribution is -0.390. The van der Waals surface area contributed by atoms with Crippen molar-refractivity contribution in [2.75, 3.05) is 0 Å². The Balaban J connectivity index is 3.45. The molecule has 0 saturated carbocycles. The highest BCUT2D eigenvalue weighted by atomic mass is 79.9. The highest BCUT2D eigenvalue weighted by Gasteiger charge is 2.25. The molecule has 1 aromatic heterocycles. The number of alkyl halides is 2. The summed E-state index contributed by atoms with van der Waals surface area (Å²) in [4.78, 5) is 13.0. The maximum Gasteiger partial charge on any atom is 0.370 e. The molecule has 1 N–H and O–H groups in total. The Kier molecular flexibility index (Phi) is 3.64. The van der Waals surface area contributed by atoms with Crippen LogP contribution in [-0.4, -0.2) is 15.0 Å². The third-order valence-corrected chi connectivity index (χ3v) is 2.08. The van der Waals surface area contributed by atoms with E-state index in [4.69, 9.17) is 5.11 Å². The summed E-state index contributed by atoms with van der Waals surface area (Å²) in [5.74, 6) is -0.762. The average Bonchev–Trinajstić information content (AvgIpc) is 2.16. The van der Waals surface area contributed by atoms with Gasteiger partial charge >= 0.3 is 5.82 Å². The fraction of sp³-hybridized carbons (Fsp3) is 0.286. The molecule has 0 aliphatic carbocycles. The third-order valence-electron chi connectivity index (χ3n) is 1.67. The van der Waals surface area contributed by atoms with Crippen LogP contribution in [0.1, 0.15) is 17.6 Å². The van der Waals surface area contributed by atoms with Gasteiger partial charge in [0.2, 0.25) is 4.60 Å². The number of hydrogen-bond acceptors (Lipinski definition) is 4. The van der Waals surface area contributed by atoms with Crippen molar-refractivity contribution in [3.8, 4) is 0 Å². The minimum atomic E-state index is -2.90. The van der Waals surface area contributed by atoms with Crippen LogP contribution in [0.5, 0.6) is 0 Å². The number of aromatic nitrogens is 1. The standard InChI is InChI=1S/C7H5BrF2N2O3/c8-5-1-3(6(9)10)4(2-13)7(11-5)12(14)15/h1,6,13H,2H2. The van der Waals surface area contributed by atoms with Crippen LogP contribution in [0.15, 0.2) is 10.7 Å². The van der Waals surface area contributed by atoms with Crippen molar-refractivity contribution >= 4 is 21.7 Å². The fourth-order valence-corrected chi connectivity index (χ4v) is 1.47. The number of nitrogens with zero attached hydrogens (tertiary/aromatic N) is 2. The molecule has 1 heterocycles. The molecule has 0 aliphatic heterocycles. The predicted molar refractivity (Wildman–Crippen MR) is 49.5 cm³/mol. The van der Waals surface area contributed by atoms with Crippen LogP contribution in [0.25, 0.3) is 0 Å². The summed E-state index contributed by atoms with van der Waals surface area (Å²) in [5, 5.41) is 19.3. The van der Waals surface area contributed by atoms with Crippen LogP contribution in [0, 0.1) is 10.1 Å². The molecule has 0 aromatic carbocycles. The molecular formula is C7H5BrF2N2O3. The second-order valence-electron chi connectivity index (χ2n) is 2.55. The van der Waals surface area contributed by atoms with Gasteiger partial charge in [-0.1, -0.05) is 0 Å². The van der Waals surface area contributed by atoms with Gasteiger partial charge in [-0.3, -0.25) is 0 Å². The zero-order valence-corrected chi connectivity index (χ0v) is 8.74. The molecule has 82 valence electrons. The van der Waals surface area contributed by atoms with Gasteiger partial charge in [0.25, 0.3) is 6.43 Å². The van der Waals surface area contributed by atoms with E-state index >= 15 is 0 Å². The first kappa shape index (κ1) is 11.9. The summed E-state index contributed by atoms with van der Waals surface area (Å²) in [5.41, 5.74) is -1.05. The molecule has 1 aromatic rings. The molecule has 1 rings (SSSR count). The fourth-order valence-electron chi connectivity index (χ4n) is 1.05. The second kappa shape index (κ2) is 4.58. The lowest BCUT2D eigenvalue weighted by Gasteiger charge is -2.06. The van der Waals surface area contributed by atoms with E-state index in [1.165, 1.54) is 0 Å². The first-order chi connectivity index (χ1) is 6.97. The second-order valence-corrected chi connectivity index (χ2v) is 3.36.